The van der Waals surface area contributed by atoms with Crippen molar-refractivity contribution in [3.05, 3.63) is 29.8 Å². The van der Waals surface area contributed by atoms with E-state index in [1.54, 1.807) is 18.9 Å². The number of ether oxygens (including phenoxy) is 1. The molecule has 0 aromatic heterocycles. The molecule has 1 aromatic carbocycles. The maximum Gasteiger partial charge on any atom is 0.321 e. The molecule has 2 amide bonds. The van der Waals surface area contributed by atoms with E-state index >= 15 is 0 Å². The van der Waals surface area contributed by atoms with Gasteiger partial charge in [0.15, 0.2) is 0 Å². The van der Waals surface area contributed by atoms with Gasteiger partial charge in [0.25, 0.3) is 0 Å². The lowest BCUT2D eigenvalue weighted by Gasteiger charge is -2.31. The highest BCUT2D eigenvalue weighted by molar-refractivity contribution is 7.98. The molecule has 2 rings (SSSR count). The fourth-order valence-corrected chi connectivity index (χ4v) is 3.17. The summed E-state index contributed by atoms with van der Waals surface area (Å²) in [6.07, 6.45) is 4.13. The normalized spacial score (nSPS) is 17.3. The predicted octanol–water partition coefficient (Wildman–Crippen LogP) is 4.00. The van der Waals surface area contributed by atoms with E-state index in [0.717, 1.165) is 38.2 Å². The van der Waals surface area contributed by atoms with Crippen molar-refractivity contribution >= 4 is 23.5 Å². The zero-order valence-electron chi connectivity index (χ0n) is 13.7. The van der Waals surface area contributed by atoms with Gasteiger partial charge in [0.1, 0.15) is 0 Å². The summed E-state index contributed by atoms with van der Waals surface area (Å²) in [5.74, 6) is 0.583. The van der Waals surface area contributed by atoms with Gasteiger partial charge in [0, 0.05) is 37.7 Å². The molecule has 1 saturated heterocycles. The first kappa shape index (κ1) is 17.2. The largest absolute Gasteiger partial charge is 0.384 e. The number of thioether (sulfide) groups is 1. The number of urea groups is 1. The molecule has 4 nitrogen and oxygen atoms in total. The number of nitrogens with one attached hydrogen (secondary N) is 1. The summed E-state index contributed by atoms with van der Waals surface area (Å²) in [4.78, 5) is 14.3. The molecule has 1 heterocycles. The van der Waals surface area contributed by atoms with E-state index in [2.05, 4.69) is 30.6 Å². The van der Waals surface area contributed by atoms with Crippen LogP contribution in [0.2, 0.25) is 0 Å². The molecule has 122 valence electrons. The number of methoxy groups -OCH3 is 1. The molecular formula is C17H26N2O2S. The molecule has 0 bridgehead atoms. The number of hydrogen-bond donors (Lipinski definition) is 1. The Bertz CT molecular complexity index is 487. The summed E-state index contributed by atoms with van der Waals surface area (Å²) < 4.78 is 5.20. The standard InChI is InChI=1S/C17H26N2O2S/c1-13(22-3)15-5-4-6-16(11-15)18-17(20)19-9-7-14(8-10-19)12-21-2/h4-6,11,13-14H,7-10,12H2,1-3H3,(H,18,20)/t13-/m1/s1. The predicted molar refractivity (Wildman–Crippen MR) is 93.6 cm³/mol. The summed E-state index contributed by atoms with van der Waals surface area (Å²) in [5.41, 5.74) is 2.12. The average Bonchev–Trinajstić information content (AvgIpc) is 2.55. The van der Waals surface area contributed by atoms with Crippen molar-refractivity contribution in [3.8, 4) is 0 Å². The maximum absolute atomic E-state index is 12.4. The van der Waals surface area contributed by atoms with Crippen LogP contribution in [-0.4, -0.2) is 44.0 Å². The van der Waals surface area contributed by atoms with E-state index < -0.39 is 0 Å². The Balaban J connectivity index is 1.90. The number of carbonyl (C=O) groups is 1. The summed E-state index contributed by atoms with van der Waals surface area (Å²) in [6.45, 7) is 4.58. The first-order chi connectivity index (χ1) is 10.6. The van der Waals surface area contributed by atoms with E-state index in [4.69, 9.17) is 4.74 Å². The van der Waals surface area contributed by atoms with Crippen LogP contribution in [0.5, 0.6) is 0 Å². The zero-order valence-corrected chi connectivity index (χ0v) is 14.5. The number of piperidine rings is 1. The highest BCUT2D eigenvalue weighted by atomic mass is 32.2. The van der Waals surface area contributed by atoms with E-state index in [9.17, 15) is 4.79 Å². The van der Waals surface area contributed by atoms with Crippen molar-refractivity contribution in [2.45, 2.75) is 25.0 Å². The molecule has 22 heavy (non-hydrogen) atoms. The van der Waals surface area contributed by atoms with Gasteiger partial charge in [-0.05, 0) is 49.6 Å². The van der Waals surface area contributed by atoms with Gasteiger partial charge in [-0.15, -0.1) is 0 Å². The number of hydrogen-bond acceptors (Lipinski definition) is 3. The number of amides is 2. The van der Waals surface area contributed by atoms with Crippen LogP contribution >= 0.6 is 11.8 Å². The molecule has 1 aliphatic rings. The summed E-state index contributed by atoms with van der Waals surface area (Å²) >= 11 is 1.80. The Morgan fingerprint density at radius 2 is 2.18 bits per heavy atom. The summed E-state index contributed by atoms with van der Waals surface area (Å²) in [7, 11) is 1.74. The Kier molecular flexibility index (Phi) is 6.58. The molecule has 5 heteroatoms. The van der Waals surface area contributed by atoms with Crippen LogP contribution in [0.15, 0.2) is 24.3 Å². The Labute approximate surface area is 137 Å². The van der Waals surface area contributed by atoms with E-state index in [0.29, 0.717) is 11.2 Å². The van der Waals surface area contributed by atoms with Gasteiger partial charge in [0.05, 0.1) is 0 Å². The van der Waals surface area contributed by atoms with Gasteiger partial charge in [0.2, 0.25) is 0 Å². The minimum atomic E-state index is 0.00446. The van der Waals surface area contributed by atoms with Crippen molar-refractivity contribution in [1.82, 2.24) is 4.90 Å². The molecule has 0 saturated carbocycles. The molecule has 1 aromatic rings. The minimum Gasteiger partial charge on any atom is -0.384 e. The van der Waals surface area contributed by atoms with Gasteiger partial charge in [-0.3, -0.25) is 0 Å². The molecule has 1 aliphatic heterocycles. The number of likely N-dealkylation sites (tertiary alicyclic amines) is 1. The van der Waals surface area contributed by atoms with Gasteiger partial charge >= 0.3 is 6.03 Å². The van der Waals surface area contributed by atoms with E-state index in [1.807, 2.05) is 17.0 Å². The lowest BCUT2D eigenvalue weighted by Crippen LogP contribution is -2.41. The lowest BCUT2D eigenvalue weighted by atomic mass is 9.98. The molecule has 0 aliphatic carbocycles. The first-order valence-electron chi connectivity index (χ1n) is 7.81. The second-order valence-corrected chi connectivity index (χ2v) is 7.00. The Morgan fingerprint density at radius 3 is 2.82 bits per heavy atom. The van der Waals surface area contributed by atoms with Crippen LogP contribution in [0, 0.1) is 5.92 Å². The van der Waals surface area contributed by atoms with Crippen LogP contribution in [0.4, 0.5) is 10.5 Å². The SMILES string of the molecule is COCC1CCN(C(=O)Nc2cccc([C@@H](C)SC)c2)CC1. The number of rotatable bonds is 5. The number of anilines is 1. The topological polar surface area (TPSA) is 41.6 Å². The molecule has 0 spiro atoms. The van der Waals surface area contributed by atoms with Gasteiger partial charge in [-0.2, -0.15) is 11.8 Å². The molecule has 1 atom stereocenters. The zero-order chi connectivity index (χ0) is 15.9. The number of benzene rings is 1. The fraction of sp³-hybridized carbons (Fsp3) is 0.588. The van der Waals surface area contributed by atoms with Crippen LogP contribution < -0.4 is 5.32 Å². The molecule has 1 N–H and O–H groups in total. The molecule has 1 fully saturated rings. The summed E-state index contributed by atoms with van der Waals surface area (Å²) in [5, 5.41) is 3.46. The second-order valence-electron chi connectivity index (χ2n) is 5.82. The first-order valence-corrected chi connectivity index (χ1v) is 9.10. The summed E-state index contributed by atoms with van der Waals surface area (Å²) in [6, 6.07) is 8.13. The van der Waals surface area contributed by atoms with Crippen molar-refractivity contribution in [1.29, 1.82) is 0 Å². The van der Waals surface area contributed by atoms with Crippen LogP contribution in [-0.2, 0) is 4.74 Å². The van der Waals surface area contributed by atoms with Crippen molar-refractivity contribution in [3.63, 3.8) is 0 Å². The fourth-order valence-electron chi connectivity index (χ4n) is 2.75. The van der Waals surface area contributed by atoms with Crippen LogP contribution in [0.3, 0.4) is 0 Å². The second kappa shape index (κ2) is 8.44. The highest BCUT2D eigenvalue weighted by Gasteiger charge is 2.22. The van der Waals surface area contributed by atoms with E-state index in [1.165, 1.54) is 5.56 Å². The third-order valence-corrected chi connectivity index (χ3v) is 5.24. The highest BCUT2D eigenvalue weighted by Crippen LogP contribution is 2.27. The van der Waals surface area contributed by atoms with Gasteiger partial charge in [-0.25, -0.2) is 4.79 Å². The van der Waals surface area contributed by atoms with Gasteiger partial charge in [-0.1, -0.05) is 12.1 Å². The number of nitrogens with zero attached hydrogens (tertiary/aromatic N) is 1. The molecule has 0 radical (unpaired) electrons. The third kappa shape index (κ3) is 4.65. The Morgan fingerprint density at radius 1 is 1.45 bits per heavy atom. The third-order valence-electron chi connectivity index (χ3n) is 4.26. The Hall–Kier alpha value is -1.20. The van der Waals surface area contributed by atoms with Crippen LogP contribution in [0.25, 0.3) is 0 Å². The smallest absolute Gasteiger partial charge is 0.321 e. The quantitative estimate of drug-likeness (QED) is 0.891. The van der Waals surface area contributed by atoms with Crippen LogP contribution in [0.1, 0.15) is 30.6 Å². The van der Waals surface area contributed by atoms with Crippen molar-refractivity contribution in [2.24, 2.45) is 5.92 Å². The van der Waals surface area contributed by atoms with Crippen molar-refractivity contribution < 1.29 is 9.53 Å². The molecule has 0 unspecified atom stereocenters. The minimum absolute atomic E-state index is 0.00446. The van der Waals surface area contributed by atoms with Crippen molar-refractivity contribution in [2.75, 3.05) is 38.4 Å². The molecular weight excluding hydrogens is 296 g/mol. The number of carbonyl (C=O) groups excluding carboxylic acids is 1. The van der Waals surface area contributed by atoms with Gasteiger partial charge < -0.3 is 15.0 Å². The lowest BCUT2D eigenvalue weighted by molar-refractivity contribution is 0.110. The maximum atomic E-state index is 12.4. The monoisotopic (exact) mass is 322 g/mol. The average molecular weight is 322 g/mol. The van der Waals surface area contributed by atoms with E-state index in [-0.39, 0.29) is 6.03 Å².